The van der Waals surface area contributed by atoms with E-state index in [1.54, 1.807) is 12.1 Å². The summed E-state index contributed by atoms with van der Waals surface area (Å²) >= 11 is 6.05. The second kappa shape index (κ2) is 6.93. The Balaban J connectivity index is 1.59. The van der Waals surface area contributed by atoms with Crippen molar-refractivity contribution in [1.82, 2.24) is 5.32 Å². The largest absolute Gasteiger partial charge is 0.478 e. The minimum absolute atomic E-state index is 0.0520. The molecule has 0 fully saturated rings. The van der Waals surface area contributed by atoms with Gasteiger partial charge in [-0.1, -0.05) is 35.9 Å². The molecule has 1 atom stereocenters. The molecule has 5 nitrogen and oxygen atoms in total. The van der Waals surface area contributed by atoms with E-state index in [-0.39, 0.29) is 18.2 Å². The van der Waals surface area contributed by atoms with E-state index in [1.165, 1.54) is 0 Å². The third kappa shape index (κ3) is 3.68. The number of halogens is 1. The maximum absolute atomic E-state index is 12.1. The van der Waals surface area contributed by atoms with Crippen molar-refractivity contribution in [3.8, 4) is 5.75 Å². The molecule has 0 aromatic heterocycles. The monoisotopic (exact) mass is 344 g/mol. The van der Waals surface area contributed by atoms with E-state index in [1.807, 2.05) is 37.3 Å². The Kier molecular flexibility index (Phi) is 4.71. The van der Waals surface area contributed by atoms with E-state index in [0.29, 0.717) is 23.0 Å². The first-order valence-corrected chi connectivity index (χ1v) is 7.99. The van der Waals surface area contributed by atoms with Crippen LogP contribution in [-0.2, 0) is 16.1 Å². The molecule has 124 valence electrons. The summed E-state index contributed by atoms with van der Waals surface area (Å²) in [5, 5.41) is 6.12. The van der Waals surface area contributed by atoms with Gasteiger partial charge < -0.3 is 15.4 Å². The molecule has 0 saturated heterocycles. The van der Waals surface area contributed by atoms with Crippen molar-refractivity contribution in [2.75, 3.05) is 5.32 Å². The standard InChI is InChI=1S/C18H17ClN2O3/c1-11-6-7-15-14(8-11)21-18(23)16(24-15)9-17(22)20-10-12-4-2-3-5-13(12)19/h2-8,16H,9-10H2,1H3,(H,20,22)(H,21,23). The summed E-state index contributed by atoms with van der Waals surface area (Å²) < 4.78 is 5.65. The molecule has 1 aliphatic heterocycles. The second-order valence-electron chi connectivity index (χ2n) is 5.67. The smallest absolute Gasteiger partial charge is 0.266 e. The molecule has 24 heavy (non-hydrogen) atoms. The van der Waals surface area contributed by atoms with Crippen LogP contribution in [-0.4, -0.2) is 17.9 Å². The Hall–Kier alpha value is -2.53. The third-order valence-corrected chi connectivity index (χ3v) is 4.13. The lowest BCUT2D eigenvalue weighted by molar-refractivity contribution is -0.130. The molecule has 1 unspecified atom stereocenters. The molecule has 2 aromatic carbocycles. The third-order valence-electron chi connectivity index (χ3n) is 3.76. The number of rotatable bonds is 4. The number of nitrogens with one attached hydrogen (secondary N) is 2. The van der Waals surface area contributed by atoms with Gasteiger partial charge in [0.25, 0.3) is 5.91 Å². The molecule has 0 bridgehead atoms. The minimum atomic E-state index is -0.841. The molecule has 0 aliphatic carbocycles. The fourth-order valence-corrected chi connectivity index (χ4v) is 2.68. The molecule has 2 amide bonds. The van der Waals surface area contributed by atoms with Crippen molar-refractivity contribution < 1.29 is 14.3 Å². The van der Waals surface area contributed by atoms with Crippen LogP contribution in [0.1, 0.15) is 17.5 Å². The van der Waals surface area contributed by atoms with Crippen molar-refractivity contribution >= 4 is 29.1 Å². The van der Waals surface area contributed by atoms with Gasteiger partial charge in [-0.3, -0.25) is 9.59 Å². The van der Waals surface area contributed by atoms with Gasteiger partial charge in [-0.2, -0.15) is 0 Å². The van der Waals surface area contributed by atoms with Crippen LogP contribution in [0, 0.1) is 6.92 Å². The van der Waals surface area contributed by atoms with E-state index in [2.05, 4.69) is 10.6 Å². The van der Waals surface area contributed by atoms with Gasteiger partial charge in [0.1, 0.15) is 5.75 Å². The first kappa shape index (κ1) is 16.3. The van der Waals surface area contributed by atoms with Crippen molar-refractivity contribution in [2.45, 2.75) is 26.0 Å². The van der Waals surface area contributed by atoms with Crippen LogP contribution in [0.5, 0.6) is 5.75 Å². The zero-order chi connectivity index (χ0) is 17.1. The average Bonchev–Trinajstić information content (AvgIpc) is 2.55. The van der Waals surface area contributed by atoms with E-state index in [4.69, 9.17) is 16.3 Å². The van der Waals surface area contributed by atoms with Gasteiger partial charge in [0.15, 0.2) is 6.10 Å². The minimum Gasteiger partial charge on any atom is -0.478 e. The Bertz CT molecular complexity index is 792. The number of fused-ring (bicyclic) bond motifs is 1. The van der Waals surface area contributed by atoms with Crippen LogP contribution >= 0.6 is 11.6 Å². The molecule has 1 aliphatic rings. The number of carbonyl (C=O) groups excluding carboxylic acids is 2. The first-order chi connectivity index (χ1) is 11.5. The van der Waals surface area contributed by atoms with Gasteiger partial charge in [0, 0.05) is 11.6 Å². The summed E-state index contributed by atoms with van der Waals surface area (Å²) in [4.78, 5) is 24.2. The molecule has 0 saturated carbocycles. The fourth-order valence-electron chi connectivity index (χ4n) is 2.47. The van der Waals surface area contributed by atoms with Crippen LogP contribution in [0.25, 0.3) is 0 Å². The average molecular weight is 345 g/mol. The van der Waals surface area contributed by atoms with Crippen molar-refractivity contribution in [2.24, 2.45) is 0 Å². The highest BCUT2D eigenvalue weighted by Crippen LogP contribution is 2.31. The van der Waals surface area contributed by atoms with Gasteiger partial charge in [-0.15, -0.1) is 0 Å². The maximum atomic E-state index is 12.1. The number of carbonyl (C=O) groups is 2. The van der Waals surface area contributed by atoms with E-state index in [0.717, 1.165) is 11.1 Å². The zero-order valence-electron chi connectivity index (χ0n) is 13.1. The number of ether oxygens (including phenoxy) is 1. The fraction of sp³-hybridized carbons (Fsp3) is 0.222. The number of hydrogen-bond donors (Lipinski definition) is 2. The lowest BCUT2D eigenvalue weighted by Gasteiger charge is -2.25. The number of anilines is 1. The number of aryl methyl sites for hydroxylation is 1. The normalized spacial score (nSPS) is 15.9. The number of benzene rings is 2. The van der Waals surface area contributed by atoms with Crippen LogP contribution in [0.4, 0.5) is 5.69 Å². The lowest BCUT2D eigenvalue weighted by Crippen LogP contribution is -2.40. The molecule has 2 N–H and O–H groups in total. The number of hydrogen-bond acceptors (Lipinski definition) is 3. The maximum Gasteiger partial charge on any atom is 0.266 e. The van der Waals surface area contributed by atoms with Crippen LogP contribution in [0.3, 0.4) is 0 Å². The molecule has 1 heterocycles. The van der Waals surface area contributed by atoms with Gasteiger partial charge in [0.2, 0.25) is 5.91 Å². The molecule has 3 rings (SSSR count). The van der Waals surface area contributed by atoms with Crippen LogP contribution in [0.15, 0.2) is 42.5 Å². The highest BCUT2D eigenvalue weighted by Gasteiger charge is 2.29. The highest BCUT2D eigenvalue weighted by molar-refractivity contribution is 6.31. The molecular weight excluding hydrogens is 328 g/mol. The van der Waals surface area contributed by atoms with Gasteiger partial charge >= 0.3 is 0 Å². The van der Waals surface area contributed by atoms with Crippen molar-refractivity contribution in [1.29, 1.82) is 0 Å². The SMILES string of the molecule is Cc1ccc2c(c1)NC(=O)C(CC(=O)NCc1ccccc1Cl)O2. The van der Waals surface area contributed by atoms with Crippen molar-refractivity contribution in [3.63, 3.8) is 0 Å². The highest BCUT2D eigenvalue weighted by atomic mass is 35.5. The summed E-state index contributed by atoms with van der Waals surface area (Å²) in [7, 11) is 0. The first-order valence-electron chi connectivity index (χ1n) is 7.61. The van der Waals surface area contributed by atoms with Crippen LogP contribution in [0.2, 0.25) is 5.02 Å². The summed E-state index contributed by atoms with van der Waals surface area (Å²) in [6.07, 6.45) is -0.893. The predicted octanol–water partition coefficient (Wildman–Crippen LogP) is 3.05. The molecule has 2 aromatic rings. The Morgan fingerprint density at radius 1 is 1.29 bits per heavy atom. The Morgan fingerprint density at radius 3 is 2.88 bits per heavy atom. The summed E-state index contributed by atoms with van der Waals surface area (Å²) in [5.74, 6) is -0.0178. The second-order valence-corrected chi connectivity index (χ2v) is 6.07. The topological polar surface area (TPSA) is 67.4 Å². The lowest BCUT2D eigenvalue weighted by atomic mass is 10.1. The van der Waals surface area contributed by atoms with Crippen molar-refractivity contribution in [3.05, 3.63) is 58.6 Å². The predicted molar refractivity (Wildman–Crippen MR) is 92.1 cm³/mol. The Morgan fingerprint density at radius 2 is 2.08 bits per heavy atom. The summed E-state index contributed by atoms with van der Waals surface area (Å²) in [6, 6.07) is 12.8. The van der Waals surface area contributed by atoms with Gasteiger partial charge in [-0.25, -0.2) is 0 Å². The van der Waals surface area contributed by atoms with E-state index in [9.17, 15) is 9.59 Å². The number of amides is 2. The summed E-state index contributed by atoms with van der Waals surface area (Å²) in [5.41, 5.74) is 2.48. The van der Waals surface area contributed by atoms with E-state index < -0.39 is 6.10 Å². The molecule has 6 heteroatoms. The summed E-state index contributed by atoms with van der Waals surface area (Å²) in [6.45, 7) is 2.24. The molecule has 0 radical (unpaired) electrons. The molecular formula is C18H17ClN2O3. The quantitative estimate of drug-likeness (QED) is 0.895. The van der Waals surface area contributed by atoms with E-state index >= 15 is 0 Å². The van der Waals surface area contributed by atoms with Gasteiger partial charge in [0.05, 0.1) is 12.1 Å². The van der Waals surface area contributed by atoms with Gasteiger partial charge in [-0.05, 0) is 36.2 Å². The Labute approximate surface area is 145 Å². The zero-order valence-corrected chi connectivity index (χ0v) is 13.9. The van der Waals surface area contributed by atoms with Crippen LogP contribution < -0.4 is 15.4 Å². The molecule has 0 spiro atoms.